The molecule has 3 rings (SSSR count). The van der Waals surface area contributed by atoms with Gasteiger partial charge in [0.05, 0.1) is 5.39 Å². The minimum absolute atomic E-state index is 0.373. The van der Waals surface area contributed by atoms with Crippen molar-refractivity contribution in [1.29, 1.82) is 0 Å². The number of carboxylic acids is 1. The molecule has 0 unspecified atom stereocenters. The molecule has 0 amide bonds. The lowest BCUT2D eigenvalue weighted by atomic mass is 10.1. The van der Waals surface area contributed by atoms with Crippen molar-refractivity contribution in [3.8, 4) is 0 Å². The number of thiophene rings is 1. The molecule has 0 aliphatic carbocycles. The molecule has 106 valence electrons. The lowest BCUT2D eigenvalue weighted by Crippen LogP contribution is -2.30. The molecular formula is C14H17N3O2S. The lowest BCUT2D eigenvalue weighted by Gasteiger charge is -2.28. The first-order valence-corrected chi connectivity index (χ1v) is 7.65. The van der Waals surface area contributed by atoms with Crippen molar-refractivity contribution >= 4 is 33.3 Å². The number of nitrogens with zero attached hydrogens (tertiary/aromatic N) is 3. The highest BCUT2D eigenvalue weighted by molar-refractivity contribution is 7.20. The number of aryl methyl sites for hydroxylation is 2. The van der Waals surface area contributed by atoms with Crippen LogP contribution in [0.25, 0.3) is 10.2 Å². The molecule has 20 heavy (non-hydrogen) atoms. The first-order chi connectivity index (χ1) is 9.58. The number of piperidine rings is 1. The molecule has 2 aromatic rings. The van der Waals surface area contributed by atoms with Crippen molar-refractivity contribution in [2.45, 2.75) is 33.1 Å². The summed E-state index contributed by atoms with van der Waals surface area (Å²) in [5, 5.41) is 10.2. The fraction of sp³-hybridized carbons (Fsp3) is 0.500. The standard InChI is InChI=1S/C14H17N3O2S/c1-8-10-12(17-6-4-3-5-7-17)15-9(2)16-13(10)20-11(8)14(18)19/h3-7H2,1-2H3,(H,18,19). The van der Waals surface area contributed by atoms with Crippen molar-refractivity contribution in [1.82, 2.24) is 9.97 Å². The van der Waals surface area contributed by atoms with E-state index in [1.807, 2.05) is 13.8 Å². The number of hydrogen-bond donors (Lipinski definition) is 1. The predicted molar refractivity (Wildman–Crippen MR) is 79.9 cm³/mol. The zero-order valence-corrected chi connectivity index (χ0v) is 12.5. The summed E-state index contributed by atoms with van der Waals surface area (Å²) in [5.41, 5.74) is 0.790. The van der Waals surface area contributed by atoms with Gasteiger partial charge in [0.1, 0.15) is 21.3 Å². The molecule has 0 aromatic carbocycles. The minimum Gasteiger partial charge on any atom is -0.477 e. The summed E-state index contributed by atoms with van der Waals surface area (Å²) in [6.07, 6.45) is 3.59. The van der Waals surface area contributed by atoms with Gasteiger partial charge in [0.15, 0.2) is 0 Å². The third kappa shape index (κ3) is 2.14. The van der Waals surface area contributed by atoms with E-state index in [1.54, 1.807) is 0 Å². The highest BCUT2D eigenvalue weighted by atomic mass is 32.1. The Hall–Kier alpha value is -1.69. The molecule has 1 saturated heterocycles. The molecule has 1 aliphatic heterocycles. The maximum atomic E-state index is 11.3. The Kier molecular flexibility index (Phi) is 3.33. The summed E-state index contributed by atoms with van der Waals surface area (Å²) in [4.78, 5) is 23.7. The van der Waals surface area contributed by atoms with Gasteiger partial charge >= 0.3 is 5.97 Å². The predicted octanol–water partition coefficient (Wildman–Crippen LogP) is 3.00. The van der Waals surface area contributed by atoms with E-state index in [-0.39, 0.29) is 0 Å². The number of aromatic carboxylic acids is 1. The van der Waals surface area contributed by atoms with E-state index in [0.29, 0.717) is 10.7 Å². The molecule has 1 aliphatic rings. The largest absolute Gasteiger partial charge is 0.477 e. The van der Waals surface area contributed by atoms with Crippen molar-refractivity contribution in [3.05, 3.63) is 16.3 Å². The van der Waals surface area contributed by atoms with E-state index >= 15 is 0 Å². The van der Waals surface area contributed by atoms with Gasteiger partial charge in [0.25, 0.3) is 0 Å². The molecule has 6 heteroatoms. The zero-order valence-electron chi connectivity index (χ0n) is 11.6. The Balaban J connectivity index is 2.21. The van der Waals surface area contributed by atoms with Crippen LogP contribution < -0.4 is 4.90 Å². The van der Waals surface area contributed by atoms with Gasteiger partial charge < -0.3 is 10.0 Å². The van der Waals surface area contributed by atoms with E-state index in [1.165, 1.54) is 30.6 Å². The number of aromatic nitrogens is 2. The third-order valence-electron chi connectivity index (χ3n) is 3.73. The summed E-state index contributed by atoms with van der Waals surface area (Å²) in [7, 11) is 0. The van der Waals surface area contributed by atoms with Crippen LogP contribution in [0.3, 0.4) is 0 Å². The van der Waals surface area contributed by atoms with Gasteiger partial charge in [-0.2, -0.15) is 0 Å². The molecule has 3 heterocycles. The van der Waals surface area contributed by atoms with E-state index in [2.05, 4.69) is 14.9 Å². The van der Waals surface area contributed by atoms with Crippen LogP contribution in [-0.2, 0) is 0 Å². The Morgan fingerprint density at radius 3 is 2.55 bits per heavy atom. The Morgan fingerprint density at radius 2 is 1.90 bits per heavy atom. The fourth-order valence-corrected chi connectivity index (χ4v) is 3.82. The Bertz CT molecular complexity index is 675. The molecular weight excluding hydrogens is 274 g/mol. The van der Waals surface area contributed by atoms with Crippen LogP contribution in [0.5, 0.6) is 0 Å². The summed E-state index contributed by atoms with van der Waals surface area (Å²) < 4.78 is 0. The molecule has 5 nitrogen and oxygen atoms in total. The molecule has 0 bridgehead atoms. The maximum Gasteiger partial charge on any atom is 0.346 e. The summed E-state index contributed by atoms with van der Waals surface area (Å²) in [5.74, 6) is 0.734. The van der Waals surface area contributed by atoms with Crippen molar-refractivity contribution < 1.29 is 9.90 Å². The number of carbonyl (C=O) groups is 1. The van der Waals surface area contributed by atoms with Crippen LogP contribution in [0, 0.1) is 13.8 Å². The zero-order chi connectivity index (χ0) is 14.3. The smallest absolute Gasteiger partial charge is 0.346 e. The minimum atomic E-state index is -0.882. The van der Waals surface area contributed by atoms with Crippen LogP contribution >= 0.6 is 11.3 Å². The van der Waals surface area contributed by atoms with Gasteiger partial charge in [0, 0.05) is 13.1 Å². The first-order valence-electron chi connectivity index (χ1n) is 6.84. The average Bonchev–Trinajstić information content (AvgIpc) is 2.76. The molecule has 1 fully saturated rings. The van der Waals surface area contributed by atoms with E-state index in [9.17, 15) is 9.90 Å². The van der Waals surface area contributed by atoms with Crippen molar-refractivity contribution in [2.24, 2.45) is 0 Å². The lowest BCUT2D eigenvalue weighted by molar-refractivity contribution is 0.0701. The van der Waals surface area contributed by atoms with E-state index in [0.717, 1.165) is 34.7 Å². The topological polar surface area (TPSA) is 66.3 Å². The normalized spacial score (nSPS) is 15.8. The number of fused-ring (bicyclic) bond motifs is 1. The maximum absolute atomic E-state index is 11.3. The molecule has 2 aromatic heterocycles. The Labute approximate surface area is 121 Å². The van der Waals surface area contributed by atoms with Crippen LogP contribution in [0.4, 0.5) is 5.82 Å². The van der Waals surface area contributed by atoms with Crippen molar-refractivity contribution in [3.63, 3.8) is 0 Å². The molecule has 1 N–H and O–H groups in total. The third-order valence-corrected chi connectivity index (χ3v) is 4.91. The summed E-state index contributed by atoms with van der Waals surface area (Å²) in [6.45, 7) is 5.70. The highest BCUT2D eigenvalue weighted by Gasteiger charge is 2.23. The van der Waals surface area contributed by atoms with Gasteiger partial charge in [-0.1, -0.05) is 0 Å². The van der Waals surface area contributed by atoms with Crippen LogP contribution in [-0.4, -0.2) is 34.1 Å². The summed E-state index contributed by atoms with van der Waals surface area (Å²) in [6, 6.07) is 0. The van der Waals surface area contributed by atoms with Gasteiger partial charge in [-0.25, -0.2) is 14.8 Å². The SMILES string of the molecule is Cc1nc(N2CCCCC2)c2c(C)c(C(=O)O)sc2n1. The van der Waals surface area contributed by atoms with Gasteiger partial charge in [-0.3, -0.25) is 0 Å². The van der Waals surface area contributed by atoms with Gasteiger partial charge in [0.2, 0.25) is 0 Å². The van der Waals surface area contributed by atoms with E-state index < -0.39 is 5.97 Å². The fourth-order valence-electron chi connectivity index (χ4n) is 2.76. The highest BCUT2D eigenvalue weighted by Crippen LogP contribution is 2.36. The van der Waals surface area contributed by atoms with Crippen molar-refractivity contribution in [2.75, 3.05) is 18.0 Å². The summed E-state index contributed by atoms with van der Waals surface area (Å²) >= 11 is 1.25. The monoisotopic (exact) mass is 291 g/mol. The number of hydrogen-bond acceptors (Lipinski definition) is 5. The average molecular weight is 291 g/mol. The van der Waals surface area contributed by atoms with E-state index in [4.69, 9.17) is 0 Å². The molecule has 0 spiro atoms. The quantitative estimate of drug-likeness (QED) is 0.921. The van der Waals surface area contributed by atoms with Gasteiger partial charge in [-0.05, 0) is 38.7 Å². The molecule has 0 radical (unpaired) electrons. The van der Waals surface area contributed by atoms with Crippen LogP contribution in [0.2, 0.25) is 0 Å². The second-order valence-electron chi connectivity index (χ2n) is 5.18. The second kappa shape index (κ2) is 5.01. The van der Waals surface area contributed by atoms with Crippen LogP contribution in [0.15, 0.2) is 0 Å². The second-order valence-corrected chi connectivity index (χ2v) is 6.18. The first kappa shape index (κ1) is 13.3. The molecule has 0 atom stereocenters. The number of carboxylic acid groups (broad SMARTS) is 1. The number of rotatable bonds is 2. The number of anilines is 1. The van der Waals surface area contributed by atoms with Gasteiger partial charge in [-0.15, -0.1) is 11.3 Å². The Morgan fingerprint density at radius 1 is 1.20 bits per heavy atom. The molecule has 0 saturated carbocycles. The van der Waals surface area contributed by atoms with Crippen LogP contribution in [0.1, 0.15) is 40.3 Å².